The average Bonchev–Trinajstić information content (AvgIpc) is 2.46. The fourth-order valence-electron chi connectivity index (χ4n) is 3.46. The zero-order valence-electron chi connectivity index (χ0n) is 11.1. The number of benzene rings is 1. The van der Waals surface area contributed by atoms with Gasteiger partial charge in [-0.05, 0) is 50.3 Å². The third-order valence-corrected chi connectivity index (χ3v) is 4.54. The van der Waals surface area contributed by atoms with E-state index in [-0.39, 0.29) is 0 Å². The van der Waals surface area contributed by atoms with E-state index in [4.69, 9.17) is 0 Å². The Hall–Kier alpha value is -0.860. The van der Waals surface area contributed by atoms with Crippen LogP contribution in [-0.4, -0.2) is 37.1 Å². The minimum Gasteiger partial charge on any atom is -0.314 e. The van der Waals surface area contributed by atoms with Gasteiger partial charge < -0.3 is 10.2 Å². The molecule has 2 nitrogen and oxygen atoms in total. The minimum atomic E-state index is 0.812. The van der Waals surface area contributed by atoms with Crippen LogP contribution in [0.25, 0.3) is 0 Å². The first kappa shape index (κ1) is 12.2. The molecule has 0 amide bonds. The smallest absolute Gasteiger partial charge is 0.0120 e. The number of nitrogens with zero attached hydrogens (tertiary/aromatic N) is 1. The van der Waals surface area contributed by atoms with Gasteiger partial charge in [0, 0.05) is 19.1 Å². The summed E-state index contributed by atoms with van der Waals surface area (Å²) in [4.78, 5) is 2.67. The first-order valence-electron chi connectivity index (χ1n) is 7.41. The Bertz CT molecular complexity index is 363. The second kappa shape index (κ2) is 5.85. The maximum Gasteiger partial charge on any atom is 0.0120 e. The molecule has 2 atom stereocenters. The highest BCUT2D eigenvalue weighted by molar-refractivity contribution is 5.14. The topological polar surface area (TPSA) is 15.3 Å². The molecule has 0 bridgehead atoms. The number of fused-ring (bicyclic) bond motifs is 1. The largest absolute Gasteiger partial charge is 0.314 e. The molecule has 18 heavy (non-hydrogen) atoms. The third kappa shape index (κ3) is 2.93. The van der Waals surface area contributed by atoms with Gasteiger partial charge in [0.05, 0.1) is 0 Å². The Labute approximate surface area is 110 Å². The first-order chi connectivity index (χ1) is 8.92. The van der Waals surface area contributed by atoms with Gasteiger partial charge in [-0.1, -0.05) is 30.3 Å². The van der Waals surface area contributed by atoms with E-state index in [0.29, 0.717) is 0 Å². The summed E-state index contributed by atoms with van der Waals surface area (Å²) in [5, 5.41) is 3.69. The van der Waals surface area contributed by atoms with Gasteiger partial charge in [-0.2, -0.15) is 0 Å². The number of hydrogen-bond donors (Lipinski definition) is 1. The molecule has 0 saturated carbocycles. The molecule has 0 aliphatic carbocycles. The molecule has 2 heterocycles. The molecule has 2 saturated heterocycles. The first-order valence-corrected chi connectivity index (χ1v) is 7.41. The second-order valence-corrected chi connectivity index (χ2v) is 5.79. The van der Waals surface area contributed by atoms with Crippen molar-refractivity contribution in [3.8, 4) is 0 Å². The molecule has 2 unspecified atom stereocenters. The highest BCUT2D eigenvalue weighted by Gasteiger charge is 2.30. The normalized spacial score (nSPS) is 28.9. The number of hydrogen-bond acceptors (Lipinski definition) is 2. The van der Waals surface area contributed by atoms with E-state index in [2.05, 4.69) is 40.5 Å². The van der Waals surface area contributed by atoms with Crippen molar-refractivity contribution in [1.82, 2.24) is 10.2 Å². The lowest BCUT2D eigenvalue weighted by Crippen LogP contribution is -2.52. The summed E-state index contributed by atoms with van der Waals surface area (Å²) >= 11 is 0. The van der Waals surface area contributed by atoms with Gasteiger partial charge in [0.2, 0.25) is 0 Å². The van der Waals surface area contributed by atoms with Crippen LogP contribution in [0.2, 0.25) is 0 Å². The van der Waals surface area contributed by atoms with Crippen LogP contribution in [0, 0.1) is 5.92 Å². The van der Waals surface area contributed by atoms with Crippen LogP contribution >= 0.6 is 0 Å². The van der Waals surface area contributed by atoms with Crippen LogP contribution in [0.3, 0.4) is 0 Å². The Kier molecular flexibility index (Phi) is 3.96. The second-order valence-electron chi connectivity index (χ2n) is 5.79. The van der Waals surface area contributed by atoms with E-state index in [1.807, 2.05) is 0 Å². The maximum atomic E-state index is 3.69. The van der Waals surface area contributed by atoms with Crippen LogP contribution in [0.15, 0.2) is 30.3 Å². The SMILES string of the molecule is c1ccc(CCN2CCC3NCCCC3C2)cc1. The van der Waals surface area contributed by atoms with E-state index < -0.39 is 0 Å². The quantitative estimate of drug-likeness (QED) is 0.877. The zero-order valence-corrected chi connectivity index (χ0v) is 11.1. The van der Waals surface area contributed by atoms with Gasteiger partial charge in [0.1, 0.15) is 0 Å². The molecule has 1 aromatic rings. The number of nitrogens with one attached hydrogen (secondary N) is 1. The highest BCUT2D eigenvalue weighted by atomic mass is 15.1. The van der Waals surface area contributed by atoms with Gasteiger partial charge in [-0.15, -0.1) is 0 Å². The monoisotopic (exact) mass is 244 g/mol. The molecule has 0 radical (unpaired) electrons. The lowest BCUT2D eigenvalue weighted by Gasteiger charge is -2.41. The van der Waals surface area contributed by atoms with Crippen molar-refractivity contribution in [1.29, 1.82) is 0 Å². The molecule has 1 N–H and O–H groups in total. The summed E-state index contributed by atoms with van der Waals surface area (Å²) in [5.41, 5.74) is 1.47. The molecule has 2 fully saturated rings. The van der Waals surface area contributed by atoms with Crippen LogP contribution in [0.4, 0.5) is 0 Å². The van der Waals surface area contributed by atoms with Gasteiger partial charge in [-0.25, -0.2) is 0 Å². The van der Waals surface area contributed by atoms with Crippen molar-refractivity contribution >= 4 is 0 Å². The van der Waals surface area contributed by atoms with E-state index in [1.54, 1.807) is 0 Å². The van der Waals surface area contributed by atoms with E-state index in [1.165, 1.54) is 57.4 Å². The van der Waals surface area contributed by atoms with Crippen LogP contribution in [0.1, 0.15) is 24.8 Å². The fourth-order valence-corrected chi connectivity index (χ4v) is 3.46. The highest BCUT2D eigenvalue weighted by Crippen LogP contribution is 2.24. The molecule has 0 spiro atoms. The molecule has 3 rings (SSSR count). The Morgan fingerprint density at radius 2 is 2.06 bits per heavy atom. The molecule has 2 heteroatoms. The standard InChI is InChI=1S/C16H24N2/c1-2-5-14(6-3-1)8-11-18-12-9-16-15(13-18)7-4-10-17-16/h1-3,5-6,15-17H,4,7-13H2. The molecular formula is C16H24N2. The van der Waals surface area contributed by atoms with Crippen molar-refractivity contribution in [2.24, 2.45) is 5.92 Å². The Morgan fingerprint density at radius 3 is 2.94 bits per heavy atom. The third-order valence-electron chi connectivity index (χ3n) is 4.54. The molecule has 0 aromatic heterocycles. The predicted molar refractivity (Wildman–Crippen MR) is 75.7 cm³/mol. The van der Waals surface area contributed by atoms with Gasteiger partial charge in [0.15, 0.2) is 0 Å². The molecule has 2 aliphatic heterocycles. The lowest BCUT2D eigenvalue weighted by atomic mass is 9.85. The Balaban J connectivity index is 1.49. The summed E-state index contributed by atoms with van der Waals surface area (Å²) in [5.74, 6) is 0.906. The minimum absolute atomic E-state index is 0.812. The molecular weight excluding hydrogens is 220 g/mol. The predicted octanol–water partition coefficient (Wildman–Crippen LogP) is 2.30. The fraction of sp³-hybridized carbons (Fsp3) is 0.625. The van der Waals surface area contributed by atoms with Gasteiger partial charge in [0.25, 0.3) is 0 Å². The van der Waals surface area contributed by atoms with Crippen molar-refractivity contribution in [2.45, 2.75) is 31.7 Å². The van der Waals surface area contributed by atoms with Crippen molar-refractivity contribution in [3.05, 3.63) is 35.9 Å². The van der Waals surface area contributed by atoms with Crippen LogP contribution in [0.5, 0.6) is 0 Å². The Morgan fingerprint density at radius 1 is 1.17 bits per heavy atom. The number of rotatable bonds is 3. The van der Waals surface area contributed by atoms with Crippen molar-refractivity contribution in [3.63, 3.8) is 0 Å². The molecule has 2 aliphatic rings. The summed E-state index contributed by atoms with van der Waals surface area (Å²) < 4.78 is 0. The van der Waals surface area contributed by atoms with Gasteiger partial charge in [-0.3, -0.25) is 0 Å². The molecule has 98 valence electrons. The average molecular weight is 244 g/mol. The lowest BCUT2D eigenvalue weighted by molar-refractivity contribution is 0.115. The maximum absolute atomic E-state index is 3.69. The van der Waals surface area contributed by atoms with E-state index in [9.17, 15) is 0 Å². The summed E-state index contributed by atoms with van der Waals surface area (Å²) in [6.07, 6.45) is 5.35. The summed E-state index contributed by atoms with van der Waals surface area (Å²) in [7, 11) is 0. The van der Waals surface area contributed by atoms with Crippen molar-refractivity contribution < 1.29 is 0 Å². The molecule has 1 aromatic carbocycles. The summed E-state index contributed by atoms with van der Waals surface area (Å²) in [6.45, 7) is 5.06. The van der Waals surface area contributed by atoms with Crippen molar-refractivity contribution in [2.75, 3.05) is 26.2 Å². The number of likely N-dealkylation sites (tertiary alicyclic amines) is 1. The summed E-state index contributed by atoms with van der Waals surface area (Å²) in [6, 6.07) is 11.7. The zero-order chi connectivity index (χ0) is 12.2. The van der Waals surface area contributed by atoms with Crippen LogP contribution < -0.4 is 5.32 Å². The van der Waals surface area contributed by atoms with Crippen LogP contribution in [-0.2, 0) is 6.42 Å². The van der Waals surface area contributed by atoms with E-state index >= 15 is 0 Å². The number of piperidine rings is 2. The van der Waals surface area contributed by atoms with Gasteiger partial charge >= 0.3 is 0 Å². The van der Waals surface area contributed by atoms with E-state index in [0.717, 1.165) is 12.0 Å².